The van der Waals surface area contributed by atoms with Crippen molar-refractivity contribution in [3.05, 3.63) is 24.2 Å². The van der Waals surface area contributed by atoms with Crippen molar-refractivity contribution < 1.29 is 9.84 Å². The third-order valence-corrected chi connectivity index (χ3v) is 2.58. The number of aromatic nitrogens is 3. The zero-order valence-electron chi connectivity index (χ0n) is 8.13. The van der Waals surface area contributed by atoms with Gasteiger partial charge >= 0.3 is 0 Å². The number of aromatic hydroxyl groups is 1. The second-order valence-electron chi connectivity index (χ2n) is 3.63. The summed E-state index contributed by atoms with van der Waals surface area (Å²) in [5, 5.41) is 13.8. The van der Waals surface area contributed by atoms with Gasteiger partial charge in [0.05, 0.1) is 0 Å². The maximum atomic E-state index is 9.56. The summed E-state index contributed by atoms with van der Waals surface area (Å²) in [6, 6.07) is 3.33. The summed E-state index contributed by atoms with van der Waals surface area (Å²) in [7, 11) is 0. The fraction of sp³-hybridized carbons (Fsp3) is 0.400. The van der Waals surface area contributed by atoms with E-state index >= 15 is 0 Å². The van der Waals surface area contributed by atoms with Crippen molar-refractivity contribution in [2.45, 2.75) is 18.9 Å². The number of fused-ring (bicyclic) bond motifs is 1. The van der Waals surface area contributed by atoms with Crippen LogP contribution in [0.4, 0.5) is 0 Å². The van der Waals surface area contributed by atoms with E-state index in [0.29, 0.717) is 11.5 Å². The third-order valence-electron chi connectivity index (χ3n) is 2.58. The second-order valence-corrected chi connectivity index (χ2v) is 3.63. The van der Waals surface area contributed by atoms with Gasteiger partial charge in [-0.05, 0) is 25.0 Å². The molecule has 1 aliphatic rings. The van der Waals surface area contributed by atoms with Crippen molar-refractivity contribution in [2.75, 3.05) is 6.61 Å². The average molecular weight is 205 g/mol. The summed E-state index contributed by atoms with van der Waals surface area (Å²) in [5.41, 5.74) is 0.489. The number of ether oxygens (including phenoxy) is 1. The van der Waals surface area contributed by atoms with Crippen LogP contribution in [0.15, 0.2) is 18.3 Å². The van der Waals surface area contributed by atoms with Gasteiger partial charge in [-0.15, -0.1) is 5.10 Å². The van der Waals surface area contributed by atoms with Crippen molar-refractivity contribution in [3.8, 4) is 5.75 Å². The predicted octanol–water partition coefficient (Wildman–Crippen LogP) is 1.29. The van der Waals surface area contributed by atoms with Gasteiger partial charge in [0.1, 0.15) is 6.10 Å². The molecule has 0 bridgehead atoms. The fourth-order valence-corrected chi connectivity index (χ4v) is 1.83. The van der Waals surface area contributed by atoms with E-state index in [4.69, 9.17) is 4.74 Å². The van der Waals surface area contributed by atoms with Crippen LogP contribution in [0.3, 0.4) is 0 Å². The van der Waals surface area contributed by atoms with Crippen LogP contribution >= 0.6 is 0 Å². The molecule has 1 unspecified atom stereocenters. The lowest BCUT2D eigenvalue weighted by Crippen LogP contribution is -1.98. The lowest BCUT2D eigenvalue weighted by molar-refractivity contribution is 0.105. The molecule has 5 heteroatoms. The molecule has 2 aromatic rings. The smallest absolute Gasteiger partial charge is 0.197 e. The molecule has 1 saturated heterocycles. The molecule has 0 aliphatic carbocycles. The van der Waals surface area contributed by atoms with Gasteiger partial charge < -0.3 is 9.84 Å². The SMILES string of the molecule is Oc1cccn2nc(C3CCCO3)nc12. The first kappa shape index (κ1) is 8.67. The fourth-order valence-electron chi connectivity index (χ4n) is 1.83. The van der Waals surface area contributed by atoms with Crippen molar-refractivity contribution in [1.82, 2.24) is 14.6 Å². The largest absolute Gasteiger partial charge is 0.504 e. The summed E-state index contributed by atoms with van der Waals surface area (Å²) in [6.45, 7) is 0.770. The molecule has 1 N–H and O–H groups in total. The zero-order valence-corrected chi connectivity index (χ0v) is 8.13. The minimum atomic E-state index is -0.00991. The number of hydrogen-bond donors (Lipinski definition) is 1. The van der Waals surface area contributed by atoms with Crippen LogP contribution in [-0.2, 0) is 4.74 Å². The Hall–Kier alpha value is -1.62. The molecule has 78 valence electrons. The normalized spacial score (nSPS) is 21.2. The van der Waals surface area contributed by atoms with Crippen molar-refractivity contribution in [1.29, 1.82) is 0 Å². The van der Waals surface area contributed by atoms with Crippen molar-refractivity contribution in [2.24, 2.45) is 0 Å². The monoisotopic (exact) mass is 205 g/mol. The molecular weight excluding hydrogens is 194 g/mol. The molecule has 1 atom stereocenters. The second kappa shape index (κ2) is 3.20. The molecule has 0 saturated carbocycles. The quantitative estimate of drug-likeness (QED) is 0.762. The molecule has 3 rings (SSSR count). The van der Waals surface area contributed by atoms with Crippen molar-refractivity contribution in [3.63, 3.8) is 0 Å². The summed E-state index contributed by atoms with van der Waals surface area (Å²) in [4.78, 5) is 4.27. The molecule has 15 heavy (non-hydrogen) atoms. The van der Waals surface area contributed by atoms with Gasteiger partial charge in [-0.25, -0.2) is 9.50 Å². The molecule has 2 aromatic heterocycles. The van der Waals surface area contributed by atoms with E-state index in [0.717, 1.165) is 19.4 Å². The number of rotatable bonds is 1. The third kappa shape index (κ3) is 1.35. The van der Waals surface area contributed by atoms with Crippen LogP contribution in [0.5, 0.6) is 5.75 Å². The Bertz CT molecular complexity index is 488. The van der Waals surface area contributed by atoms with Crippen LogP contribution in [0.2, 0.25) is 0 Å². The zero-order chi connectivity index (χ0) is 10.3. The molecule has 1 fully saturated rings. The molecule has 0 aromatic carbocycles. The maximum Gasteiger partial charge on any atom is 0.197 e. The lowest BCUT2D eigenvalue weighted by Gasteiger charge is -2.01. The Morgan fingerprint density at radius 1 is 1.53 bits per heavy atom. The molecule has 0 amide bonds. The van der Waals surface area contributed by atoms with E-state index < -0.39 is 0 Å². The first-order valence-electron chi connectivity index (χ1n) is 5.00. The van der Waals surface area contributed by atoms with E-state index in [9.17, 15) is 5.11 Å². The Morgan fingerprint density at radius 2 is 2.47 bits per heavy atom. The Morgan fingerprint density at radius 3 is 3.20 bits per heavy atom. The molecular formula is C10H11N3O2. The Kier molecular flexibility index (Phi) is 1.85. The minimum Gasteiger partial charge on any atom is -0.504 e. The van der Waals surface area contributed by atoms with Crippen LogP contribution in [0.25, 0.3) is 5.65 Å². The Labute approximate surface area is 86.3 Å². The van der Waals surface area contributed by atoms with E-state index in [-0.39, 0.29) is 11.9 Å². The van der Waals surface area contributed by atoms with Gasteiger partial charge in [0.25, 0.3) is 0 Å². The van der Waals surface area contributed by atoms with E-state index in [1.165, 1.54) is 0 Å². The number of pyridine rings is 1. The molecule has 0 radical (unpaired) electrons. The summed E-state index contributed by atoms with van der Waals surface area (Å²) >= 11 is 0. The highest BCUT2D eigenvalue weighted by Gasteiger charge is 2.22. The highest BCUT2D eigenvalue weighted by molar-refractivity contribution is 5.51. The maximum absolute atomic E-state index is 9.56. The van der Waals surface area contributed by atoms with Crippen LogP contribution in [0, 0.1) is 0 Å². The Balaban J connectivity index is 2.09. The van der Waals surface area contributed by atoms with Crippen LogP contribution < -0.4 is 0 Å². The van der Waals surface area contributed by atoms with E-state index in [1.807, 2.05) is 0 Å². The first-order valence-corrected chi connectivity index (χ1v) is 5.00. The van der Waals surface area contributed by atoms with Gasteiger partial charge in [-0.1, -0.05) is 0 Å². The van der Waals surface area contributed by atoms with Gasteiger partial charge in [-0.2, -0.15) is 0 Å². The average Bonchev–Trinajstić information content (AvgIpc) is 2.86. The standard InChI is InChI=1S/C10H11N3O2/c14-7-3-1-5-13-10(7)11-9(12-13)8-4-2-6-15-8/h1,3,5,8,14H,2,4,6H2. The van der Waals surface area contributed by atoms with Crippen LogP contribution in [-0.4, -0.2) is 26.3 Å². The lowest BCUT2D eigenvalue weighted by atomic mass is 10.2. The minimum absolute atomic E-state index is 0.00991. The van der Waals surface area contributed by atoms with Gasteiger partial charge in [-0.3, -0.25) is 0 Å². The highest BCUT2D eigenvalue weighted by atomic mass is 16.5. The molecule has 5 nitrogen and oxygen atoms in total. The van der Waals surface area contributed by atoms with E-state index in [1.54, 1.807) is 22.8 Å². The number of nitrogens with zero attached hydrogens (tertiary/aromatic N) is 3. The van der Waals surface area contributed by atoms with E-state index in [2.05, 4.69) is 10.1 Å². The first-order chi connectivity index (χ1) is 7.34. The summed E-state index contributed by atoms with van der Waals surface area (Å²) in [6.07, 6.45) is 3.76. The highest BCUT2D eigenvalue weighted by Crippen LogP contribution is 2.27. The van der Waals surface area contributed by atoms with Gasteiger partial charge in [0, 0.05) is 12.8 Å². The summed E-state index contributed by atoms with van der Waals surface area (Å²) < 4.78 is 7.06. The van der Waals surface area contributed by atoms with Crippen LogP contribution in [0.1, 0.15) is 24.8 Å². The van der Waals surface area contributed by atoms with Crippen molar-refractivity contribution >= 4 is 5.65 Å². The van der Waals surface area contributed by atoms with Gasteiger partial charge in [0.2, 0.25) is 0 Å². The molecule has 3 heterocycles. The topological polar surface area (TPSA) is 59.7 Å². The predicted molar refractivity (Wildman–Crippen MR) is 52.6 cm³/mol. The van der Waals surface area contributed by atoms with Gasteiger partial charge in [0.15, 0.2) is 17.2 Å². The molecule has 0 spiro atoms. The number of hydrogen-bond acceptors (Lipinski definition) is 4. The summed E-state index contributed by atoms with van der Waals surface area (Å²) in [5.74, 6) is 0.809. The molecule has 1 aliphatic heterocycles.